The van der Waals surface area contributed by atoms with Crippen molar-refractivity contribution in [1.82, 2.24) is 5.48 Å². The molecule has 1 amide bonds. The zero-order valence-electron chi connectivity index (χ0n) is 7.73. The molecule has 78 valence electrons. The molecule has 1 aromatic carbocycles. The van der Waals surface area contributed by atoms with Crippen molar-refractivity contribution in [2.45, 2.75) is 6.61 Å². The number of aliphatic hydroxyl groups excluding tert-OH is 1. The molecule has 0 bridgehead atoms. The number of hydroxylamine groups is 1. The Hall–Kier alpha value is -1.85. The third-order valence-corrected chi connectivity index (χ3v) is 2.09. The summed E-state index contributed by atoms with van der Waals surface area (Å²) in [4.78, 5) is 11.1. The molecule has 5 heteroatoms. The molecule has 0 unspecified atom stereocenters. The van der Waals surface area contributed by atoms with Crippen molar-refractivity contribution in [3.05, 3.63) is 35.6 Å². The maximum atomic E-state index is 11.1. The number of carbonyl (C=O) groups is 1. The highest BCUT2D eigenvalue weighted by atomic mass is 16.5. The van der Waals surface area contributed by atoms with E-state index in [2.05, 4.69) is 0 Å². The lowest BCUT2D eigenvalue weighted by molar-refractivity contribution is 0.0706. The second-order valence-corrected chi connectivity index (χ2v) is 3.06. The van der Waals surface area contributed by atoms with Crippen LogP contribution in [0, 0.1) is 0 Å². The van der Waals surface area contributed by atoms with E-state index in [-0.39, 0.29) is 6.61 Å². The smallest absolute Gasteiger partial charge is 0.274 e. The molecule has 0 aliphatic carbocycles. The third kappa shape index (κ3) is 1.70. The molecule has 0 aliphatic heterocycles. The standard InChI is InChI=1S/C10H9NO4/c12-5-8-3-6-1-2-7(10(13)11-14)4-9(6)15-8/h1-4,12,14H,5H2,(H,11,13). The van der Waals surface area contributed by atoms with Gasteiger partial charge >= 0.3 is 0 Å². The Morgan fingerprint density at radius 1 is 1.40 bits per heavy atom. The molecule has 15 heavy (non-hydrogen) atoms. The van der Waals surface area contributed by atoms with Crippen LogP contribution in [0.5, 0.6) is 0 Å². The lowest BCUT2D eigenvalue weighted by Crippen LogP contribution is -2.18. The number of furan rings is 1. The summed E-state index contributed by atoms with van der Waals surface area (Å²) in [6, 6.07) is 6.43. The lowest BCUT2D eigenvalue weighted by Gasteiger charge is -1.97. The van der Waals surface area contributed by atoms with Gasteiger partial charge in [-0.15, -0.1) is 0 Å². The summed E-state index contributed by atoms with van der Waals surface area (Å²) in [5.41, 5.74) is 2.33. The summed E-state index contributed by atoms with van der Waals surface area (Å²) in [7, 11) is 0. The largest absolute Gasteiger partial charge is 0.459 e. The zero-order chi connectivity index (χ0) is 10.8. The van der Waals surface area contributed by atoms with Gasteiger partial charge in [-0.1, -0.05) is 6.07 Å². The number of amides is 1. The minimum atomic E-state index is -0.598. The number of hydrogen-bond acceptors (Lipinski definition) is 4. The first-order valence-electron chi connectivity index (χ1n) is 4.32. The van der Waals surface area contributed by atoms with E-state index in [1.165, 1.54) is 11.5 Å². The first kappa shape index (κ1) is 9.70. The SMILES string of the molecule is O=C(NO)c1ccc2cc(CO)oc2c1. The van der Waals surface area contributed by atoms with Crippen LogP contribution in [0.15, 0.2) is 28.7 Å². The number of rotatable bonds is 2. The van der Waals surface area contributed by atoms with E-state index in [0.717, 1.165) is 5.39 Å². The first-order valence-corrected chi connectivity index (χ1v) is 4.32. The highest BCUT2D eigenvalue weighted by molar-refractivity contribution is 5.96. The van der Waals surface area contributed by atoms with Crippen LogP contribution < -0.4 is 5.48 Å². The molecule has 2 aromatic rings. The zero-order valence-corrected chi connectivity index (χ0v) is 7.73. The van der Waals surface area contributed by atoms with Gasteiger partial charge in [-0.3, -0.25) is 10.0 Å². The first-order chi connectivity index (χ1) is 7.24. The molecule has 0 saturated carbocycles. The van der Waals surface area contributed by atoms with Crippen LogP contribution in [0.3, 0.4) is 0 Å². The van der Waals surface area contributed by atoms with Gasteiger partial charge in [0.15, 0.2) is 0 Å². The highest BCUT2D eigenvalue weighted by Crippen LogP contribution is 2.20. The van der Waals surface area contributed by atoms with Crippen molar-refractivity contribution >= 4 is 16.9 Å². The molecular formula is C10H9NO4. The molecule has 0 saturated heterocycles. The molecule has 1 heterocycles. The van der Waals surface area contributed by atoms with Crippen LogP contribution in [-0.2, 0) is 6.61 Å². The molecule has 2 rings (SSSR count). The second-order valence-electron chi connectivity index (χ2n) is 3.06. The fourth-order valence-corrected chi connectivity index (χ4v) is 1.37. The average molecular weight is 207 g/mol. The number of benzene rings is 1. The molecule has 1 aromatic heterocycles. The van der Waals surface area contributed by atoms with Crippen LogP contribution in [0.25, 0.3) is 11.0 Å². The molecule has 5 nitrogen and oxygen atoms in total. The lowest BCUT2D eigenvalue weighted by atomic mass is 10.1. The van der Waals surface area contributed by atoms with Gasteiger partial charge < -0.3 is 9.52 Å². The van der Waals surface area contributed by atoms with Crippen LogP contribution >= 0.6 is 0 Å². The van der Waals surface area contributed by atoms with Crippen molar-refractivity contribution in [2.24, 2.45) is 0 Å². The van der Waals surface area contributed by atoms with Crippen molar-refractivity contribution in [1.29, 1.82) is 0 Å². The van der Waals surface area contributed by atoms with Gasteiger partial charge in [0.25, 0.3) is 5.91 Å². The fourth-order valence-electron chi connectivity index (χ4n) is 1.37. The van der Waals surface area contributed by atoms with Crippen LogP contribution in [0.4, 0.5) is 0 Å². The van der Waals surface area contributed by atoms with Crippen LogP contribution in [-0.4, -0.2) is 16.2 Å². The molecule has 0 aliphatic rings. The summed E-state index contributed by atoms with van der Waals surface area (Å²) in [5, 5.41) is 18.1. The van der Waals surface area contributed by atoms with E-state index in [0.29, 0.717) is 16.9 Å². The Balaban J connectivity index is 2.50. The summed E-state index contributed by atoms with van der Waals surface area (Å²) in [6.07, 6.45) is 0. The number of fused-ring (bicyclic) bond motifs is 1. The molecule has 0 fully saturated rings. The quantitative estimate of drug-likeness (QED) is 0.507. The van der Waals surface area contributed by atoms with Gasteiger partial charge in [0.1, 0.15) is 18.0 Å². The van der Waals surface area contributed by atoms with Gasteiger partial charge in [0, 0.05) is 10.9 Å². The van der Waals surface area contributed by atoms with E-state index >= 15 is 0 Å². The van der Waals surface area contributed by atoms with Crippen LogP contribution in [0.1, 0.15) is 16.1 Å². The Kier molecular flexibility index (Phi) is 2.40. The molecule has 0 atom stereocenters. The van der Waals surface area contributed by atoms with Gasteiger partial charge in [0.05, 0.1) is 0 Å². The van der Waals surface area contributed by atoms with E-state index < -0.39 is 5.91 Å². The Morgan fingerprint density at radius 2 is 2.20 bits per heavy atom. The molecule has 0 radical (unpaired) electrons. The van der Waals surface area contributed by atoms with E-state index in [9.17, 15) is 4.79 Å². The summed E-state index contributed by atoms with van der Waals surface area (Å²) >= 11 is 0. The fraction of sp³-hybridized carbons (Fsp3) is 0.100. The molecule has 0 spiro atoms. The predicted molar refractivity (Wildman–Crippen MR) is 51.4 cm³/mol. The average Bonchev–Trinajstić information content (AvgIpc) is 2.69. The van der Waals surface area contributed by atoms with E-state index in [4.69, 9.17) is 14.7 Å². The van der Waals surface area contributed by atoms with Gasteiger partial charge in [0.2, 0.25) is 0 Å². The Bertz CT molecular complexity index is 503. The number of nitrogens with one attached hydrogen (secondary N) is 1. The van der Waals surface area contributed by atoms with Crippen molar-refractivity contribution in [3.63, 3.8) is 0 Å². The Morgan fingerprint density at radius 3 is 2.87 bits per heavy atom. The van der Waals surface area contributed by atoms with Gasteiger partial charge in [-0.25, -0.2) is 5.48 Å². The Labute approximate surface area is 84.9 Å². The minimum absolute atomic E-state index is 0.184. The second kappa shape index (κ2) is 3.72. The topological polar surface area (TPSA) is 82.7 Å². The predicted octanol–water partition coefficient (Wildman–Crippen LogP) is 1.04. The number of aliphatic hydroxyl groups is 1. The van der Waals surface area contributed by atoms with Crippen molar-refractivity contribution in [3.8, 4) is 0 Å². The number of hydrogen-bond donors (Lipinski definition) is 3. The minimum Gasteiger partial charge on any atom is -0.459 e. The third-order valence-electron chi connectivity index (χ3n) is 2.09. The summed E-state index contributed by atoms with van der Waals surface area (Å²) < 4.78 is 5.24. The van der Waals surface area contributed by atoms with Gasteiger partial charge in [-0.05, 0) is 18.2 Å². The molecule has 3 N–H and O–H groups in total. The highest BCUT2D eigenvalue weighted by Gasteiger charge is 2.08. The maximum Gasteiger partial charge on any atom is 0.274 e. The van der Waals surface area contributed by atoms with E-state index in [1.54, 1.807) is 18.2 Å². The summed E-state index contributed by atoms with van der Waals surface area (Å²) in [5.74, 6) is -0.162. The maximum absolute atomic E-state index is 11.1. The monoisotopic (exact) mass is 207 g/mol. The van der Waals surface area contributed by atoms with Gasteiger partial charge in [-0.2, -0.15) is 0 Å². The normalized spacial score (nSPS) is 10.5. The van der Waals surface area contributed by atoms with Crippen LogP contribution in [0.2, 0.25) is 0 Å². The van der Waals surface area contributed by atoms with E-state index in [1.807, 2.05) is 0 Å². The van der Waals surface area contributed by atoms with Crippen molar-refractivity contribution < 1.29 is 19.5 Å². The molecular weight excluding hydrogens is 198 g/mol. The summed E-state index contributed by atoms with van der Waals surface area (Å²) in [6.45, 7) is -0.184. The number of carbonyl (C=O) groups excluding carboxylic acids is 1. The van der Waals surface area contributed by atoms with Crippen molar-refractivity contribution in [2.75, 3.05) is 0 Å².